The van der Waals surface area contributed by atoms with Gasteiger partial charge in [0.2, 0.25) is 0 Å². The molecule has 1 heterocycles. The molecule has 0 aliphatic carbocycles. The predicted molar refractivity (Wildman–Crippen MR) is 94.8 cm³/mol. The van der Waals surface area contributed by atoms with E-state index in [0.717, 1.165) is 31.2 Å². The summed E-state index contributed by atoms with van der Waals surface area (Å²) in [7, 11) is 0. The lowest BCUT2D eigenvalue weighted by atomic mass is 10.2. The Hall–Kier alpha value is -2.32. The normalized spacial score (nSPS) is 15.9. The van der Waals surface area contributed by atoms with Gasteiger partial charge < -0.3 is 29.7 Å². The van der Waals surface area contributed by atoms with E-state index in [0.29, 0.717) is 12.7 Å². The molecule has 1 fully saturated rings. The van der Waals surface area contributed by atoms with Crippen molar-refractivity contribution >= 4 is 11.9 Å². The Kier molecular flexibility index (Phi) is 10.1. The van der Waals surface area contributed by atoms with E-state index in [2.05, 4.69) is 5.32 Å². The number of nitrogens with one attached hydrogen (secondary N) is 1. The number of hydrogen-bond donors (Lipinski definition) is 3. The first kappa shape index (κ1) is 21.7. The SMILES string of the molecule is CC(C)Oc1ccccc1OCCNCC1CCCO1.O=C(O)C(=O)O. The molecule has 1 unspecified atom stereocenters. The van der Waals surface area contributed by atoms with E-state index in [1.54, 1.807) is 0 Å². The number of ether oxygens (including phenoxy) is 3. The zero-order valence-corrected chi connectivity index (χ0v) is 15.1. The molecule has 3 N–H and O–H groups in total. The highest BCUT2D eigenvalue weighted by Crippen LogP contribution is 2.27. The summed E-state index contributed by atoms with van der Waals surface area (Å²) < 4.78 is 17.0. The van der Waals surface area contributed by atoms with Gasteiger partial charge in [-0.1, -0.05) is 12.1 Å². The zero-order chi connectivity index (χ0) is 19.4. The second-order valence-corrected chi connectivity index (χ2v) is 5.91. The topological polar surface area (TPSA) is 114 Å². The maximum absolute atomic E-state index is 9.10. The second-order valence-electron chi connectivity index (χ2n) is 5.91. The maximum Gasteiger partial charge on any atom is 0.414 e. The van der Waals surface area contributed by atoms with Crippen LogP contribution in [-0.2, 0) is 14.3 Å². The van der Waals surface area contributed by atoms with Gasteiger partial charge in [-0.15, -0.1) is 0 Å². The minimum Gasteiger partial charge on any atom is -0.488 e. The molecule has 1 aromatic rings. The highest BCUT2D eigenvalue weighted by atomic mass is 16.5. The smallest absolute Gasteiger partial charge is 0.414 e. The molecule has 2 rings (SSSR count). The van der Waals surface area contributed by atoms with Crippen molar-refractivity contribution in [3.8, 4) is 11.5 Å². The van der Waals surface area contributed by atoms with Crippen LogP contribution >= 0.6 is 0 Å². The van der Waals surface area contributed by atoms with Gasteiger partial charge in [0.15, 0.2) is 11.5 Å². The van der Waals surface area contributed by atoms with Crippen molar-refractivity contribution in [2.45, 2.75) is 38.9 Å². The van der Waals surface area contributed by atoms with Crippen LogP contribution in [-0.4, -0.2) is 60.7 Å². The molecule has 1 saturated heterocycles. The fourth-order valence-electron chi connectivity index (χ4n) is 2.22. The lowest BCUT2D eigenvalue weighted by Crippen LogP contribution is -2.29. The Labute approximate surface area is 153 Å². The number of carboxylic acid groups (broad SMARTS) is 2. The van der Waals surface area contributed by atoms with Gasteiger partial charge in [-0.25, -0.2) is 9.59 Å². The standard InChI is InChI=1S/C16H25NO3.C2H2O4/c1-13(2)20-16-8-4-3-7-15(16)19-11-9-17-12-14-6-5-10-18-14;3-1(4)2(5)6/h3-4,7-8,13-14,17H,5-6,9-12H2,1-2H3;(H,3,4)(H,5,6). The van der Waals surface area contributed by atoms with Crippen molar-refractivity contribution in [3.63, 3.8) is 0 Å². The van der Waals surface area contributed by atoms with Crippen molar-refractivity contribution < 1.29 is 34.0 Å². The monoisotopic (exact) mass is 369 g/mol. The summed E-state index contributed by atoms with van der Waals surface area (Å²) in [5.41, 5.74) is 0. The fraction of sp³-hybridized carbons (Fsp3) is 0.556. The Balaban J connectivity index is 0.000000487. The summed E-state index contributed by atoms with van der Waals surface area (Å²) in [6.45, 7) is 7.29. The summed E-state index contributed by atoms with van der Waals surface area (Å²) in [6, 6.07) is 7.80. The number of aliphatic carboxylic acids is 2. The van der Waals surface area contributed by atoms with E-state index in [1.165, 1.54) is 12.8 Å². The Bertz CT molecular complexity index is 544. The number of rotatable bonds is 8. The minimum atomic E-state index is -1.82. The molecule has 26 heavy (non-hydrogen) atoms. The lowest BCUT2D eigenvalue weighted by Gasteiger charge is -2.15. The van der Waals surface area contributed by atoms with Gasteiger partial charge in [0, 0.05) is 19.7 Å². The largest absolute Gasteiger partial charge is 0.488 e. The van der Waals surface area contributed by atoms with Gasteiger partial charge in [0.25, 0.3) is 0 Å². The average molecular weight is 369 g/mol. The third-order valence-electron chi connectivity index (χ3n) is 3.33. The van der Waals surface area contributed by atoms with Crippen LogP contribution in [0.4, 0.5) is 0 Å². The molecule has 1 aromatic carbocycles. The molecule has 0 aromatic heterocycles. The van der Waals surface area contributed by atoms with Gasteiger partial charge in [0.05, 0.1) is 12.2 Å². The third kappa shape index (κ3) is 9.24. The number of benzene rings is 1. The zero-order valence-electron chi connectivity index (χ0n) is 15.1. The van der Waals surface area contributed by atoms with Gasteiger partial charge in [-0.2, -0.15) is 0 Å². The lowest BCUT2D eigenvalue weighted by molar-refractivity contribution is -0.159. The summed E-state index contributed by atoms with van der Waals surface area (Å²) >= 11 is 0. The van der Waals surface area contributed by atoms with Gasteiger partial charge in [-0.3, -0.25) is 0 Å². The molecular formula is C18H27NO7. The number of hydrogen-bond acceptors (Lipinski definition) is 6. The summed E-state index contributed by atoms with van der Waals surface area (Å²) in [5.74, 6) is -2.04. The van der Waals surface area contributed by atoms with Crippen molar-refractivity contribution in [1.29, 1.82) is 0 Å². The van der Waals surface area contributed by atoms with Crippen molar-refractivity contribution in [2.24, 2.45) is 0 Å². The van der Waals surface area contributed by atoms with Crippen LogP contribution in [0.2, 0.25) is 0 Å². The quantitative estimate of drug-likeness (QED) is 0.469. The molecule has 0 bridgehead atoms. The minimum absolute atomic E-state index is 0.150. The Morgan fingerprint density at radius 2 is 1.88 bits per heavy atom. The van der Waals surface area contributed by atoms with E-state index in [4.69, 9.17) is 34.0 Å². The molecule has 8 heteroatoms. The van der Waals surface area contributed by atoms with Gasteiger partial charge >= 0.3 is 11.9 Å². The summed E-state index contributed by atoms with van der Waals surface area (Å²) in [5, 5.41) is 18.1. The van der Waals surface area contributed by atoms with Crippen molar-refractivity contribution in [2.75, 3.05) is 26.3 Å². The first-order valence-corrected chi connectivity index (χ1v) is 8.57. The molecule has 0 spiro atoms. The van der Waals surface area contributed by atoms with Crippen LogP contribution in [0.1, 0.15) is 26.7 Å². The molecule has 146 valence electrons. The van der Waals surface area contributed by atoms with Crippen LogP contribution in [0.15, 0.2) is 24.3 Å². The molecular weight excluding hydrogens is 342 g/mol. The summed E-state index contributed by atoms with van der Waals surface area (Å²) in [4.78, 5) is 18.2. The molecule has 0 amide bonds. The van der Waals surface area contributed by atoms with E-state index >= 15 is 0 Å². The van der Waals surface area contributed by atoms with Crippen molar-refractivity contribution in [1.82, 2.24) is 5.32 Å². The van der Waals surface area contributed by atoms with Crippen LogP contribution in [0, 0.1) is 0 Å². The molecule has 8 nitrogen and oxygen atoms in total. The highest BCUT2D eigenvalue weighted by molar-refractivity contribution is 6.27. The van der Waals surface area contributed by atoms with Crippen LogP contribution in [0.3, 0.4) is 0 Å². The first-order valence-electron chi connectivity index (χ1n) is 8.57. The molecule has 1 aliphatic rings. The van der Waals surface area contributed by atoms with E-state index < -0.39 is 11.9 Å². The van der Waals surface area contributed by atoms with Crippen LogP contribution < -0.4 is 14.8 Å². The van der Waals surface area contributed by atoms with Gasteiger partial charge in [0.1, 0.15) is 6.61 Å². The Morgan fingerprint density at radius 3 is 2.42 bits per heavy atom. The van der Waals surface area contributed by atoms with Crippen molar-refractivity contribution in [3.05, 3.63) is 24.3 Å². The number of para-hydroxylation sites is 2. The van der Waals surface area contributed by atoms with Gasteiger partial charge in [-0.05, 0) is 38.8 Å². The first-order chi connectivity index (χ1) is 12.4. The molecule has 1 atom stereocenters. The van der Waals surface area contributed by atoms with E-state index in [-0.39, 0.29) is 6.10 Å². The number of carboxylic acids is 2. The molecule has 0 radical (unpaired) electrons. The average Bonchev–Trinajstić information content (AvgIpc) is 3.09. The molecule has 1 aliphatic heterocycles. The van der Waals surface area contributed by atoms with Crippen LogP contribution in [0.25, 0.3) is 0 Å². The number of carbonyl (C=O) groups is 2. The molecule has 0 saturated carbocycles. The highest BCUT2D eigenvalue weighted by Gasteiger charge is 2.14. The van der Waals surface area contributed by atoms with E-state index in [1.807, 2.05) is 38.1 Å². The van der Waals surface area contributed by atoms with E-state index in [9.17, 15) is 0 Å². The summed E-state index contributed by atoms with van der Waals surface area (Å²) in [6.07, 6.45) is 2.88. The predicted octanol–water partition coefficient (Wildman–Crippen LogP) is 1.78. The Morgan fingerprint density at radius 1 is 1.23 bits per heavy atom. The maximum atomic E-state index is 9.10. The third-order valence-corrected chi connectivity index (χ3v) is 3.33. The van der Waals surface area contributed by atoms with Crippen LogP contribution in [0.5, 0.6) is 11.5 Å². The fourth-order valence-corrected chi connectivity index (χ4v) is 2.22. The second kappa shape index (κ2) is 12.1.